The number of rotatable bonds is 10. The molecule has 4 atom stereocenters. The van der Waals surface area contributed by atoms with E-state index in [4.69, 9.17) is 5.73 Å². The molecule has 9 heteroatoms. The van der Waals surface area contributed by atoms with Gasteiger partial charge in [-0.05, 0) is 37.3 Å². The highest BCUT2D eigenvalue weighted by Crippen LogP contribution is 2.19. The molecule has 0 spiro atoms. The Bertz CT molecular complexity index is 1030. The Labute approximate surface area is 204 Å². The Balaban J connectivity index is 1.66. The number of hydrogen-bond acceptors (Lipinski definition) is 5. The first-order valence-corrected chi connectivity index (χ1v) is 11.7. The third kappa shape index (κ3) is 7.13. The van der Waals surface area contributed by atoms with Crippen LogP contribution in [-0.2, 0) is 32.0 Å². The van der Waals surface area contributed by atoms with Crippen LogP contribution in [0.15, 0.2) is 60.7 Å². The van der Waals surface area contributed by atoms with Gasteiger partial charge in [0.1, 0.15) is 18.1 Å². The van der Waals surface area contributed by atoms with Gasteiger partial charge in [0.2, 0.25) is 17.7 Å². The molecule has 3 amide bonds. The van der Waals surface area contributed by atoms with Gasteiger partial charge in [-0.25, -0.2) is 4.79 Å². The first kappa shape index (κ1) is 25.9. The number of nitrogens with zero attached hydrogens (tertiary/aromatic N) is 1. The highest BCUT2D eigenvalue weighted by Gasteiger charge is 2.38. The molecule has 5 N–H and O–H groups in total. The summed E-state index contributed by atoms with van der Waals surface area (Å²) >= 11 is 0. The minimum absolute atomic E-state index is 0.197. The Kier molecular flexibility index (Phi) is 8.97. The summed E-state index contributed by atoms with van der Waals surface area (Å²) in [4.78, 5) is 51.7. The fourth-order valence-electron chi connectivity index (χ4n) is 4.18. The van der Waals surface area contributed by atoms with Crippen molar-refractivity contribution >= 4 is 23.7 Å². The zero-order chi connectivity index (χ0) is 25.4. The monoisotopic (exact) mass is 480 g/mol. The Morgan fingerprint density at radius 3 is 2.09 bits per heavy atom. The third-order valence-corrected chi connectivity index (χ3v) is 6.11. The third-order valence-electron chi connectivity index (χ3n) is 6.11. The van der Waals surface area contributed by atoms with Crippen molar-refractivity contribution in [2.45, 2.75) is 56.8 Å². The normalized spacial score (nSPS) is 17.8. The van der Waals surface area contributed by atoms with E-state index in [1.807, 2.05) is 60.7 Å². The van der Waals surface area contributed by atoms with Crippen molar-refractivity contribution in [1.29, 1.82) is 0 Å². The molecule has 35 heavy (non-hydrogen) atoms. The predicted molar refractivity (Wildman–Crippen MR) is 130 cm³/mol. The van der Waals surface area contributed by atoms with Crippen LogP contribution in [0.1, 0.15) is 30.9 Å². The van der Waals surface area contributed by atoms with Gasteiger partial charge in [-0.15, -0.1) is 0 Å². The van der Waals surface area contributed by atoms with Gasteiger partial charge in [-0.2, -0.15) is 0 Å². The topological polar surface area (TPSA) is 142 Å². The maximum absolute atomic E-state index is 13.3. The second-order valence-corrected chi connectivity index (χ2v) is 8.81. The molecule has 186 valence electrons. The fraction of sp³-hybridized carbons (Fsp3) is 0.385. The second kappa shape index (κ2) is 12.1. The van der Waals surface area contributed by atoms with Crippen LogP contribution in [0.4, 0.5) is 0 Å². The predicted octanol–water partition coefficient (Wildman–Crippen LogP) is 0.864. The molecule has 9 nitrogen and oxygen atoms in total. The maximum atomic E-state index is 13.3. The van der Waals surface area contributed by atoms with Crippen LogP contribution < -0.4 is 16.4 Å². The van der Waals surface area contributed by atoms with E-state index in [-0.39, 0.29) is 6.42 Å². The number of nitrogens with one attached hydrogen (secondary N) is 2. The van der Waals surface area contributed by atoms with Crippen LogP contribution >= 0.6 is 0 Å². The molecule has 1 heterocycles. The summed E-state index contributed by atoms with van der Waals surface area (Å²) in [6.07, 6.45) is 1.48. The van der Waals surface area contributed by atoms with Gasteiger partial charge in [0.25, 0.3) is 0 Å². The minimum Gasteiger partial charge on any atom is -0.480 e. The van der Waals surface area contributed by atoms with Crippen molar-refractivity contribution in [2.24, 2.45) is 5.73 Å². The molecule has 0 unspecified atom stereocenters. The molecule has 0 radical (unpaired) electrons. The molecule has 1 saturated heterocycles. The summed E-state index contributed by atoms with van der Waals surface area (Å²) < 4.78 is 0. The molecule has 1 aliphatic heterocycles. The lowest BCUT2D eigenvalue weighted by molar-refractivity contribution is -0.149. The van der Waals surface area contributed by atoms with Crippen LogP contribution in [0, 0.1) is 0 Å². The number of carboxylic acid groups (broad SMARTS) is 1. The minimum atomic E-state index is -1.06. The molecular weight excluding hydrogens is 448 g/mol. The van der Waals surface area contributed by atoms with Crippen molar-refractivity contribution < 1.29 is 24.3 Å². The lowest BCUT2D eigenvalue weighted by atomic mass is 10.0. The number of aliphatic carboxylic acids is 1. The average Bonchev–Trinajstić information content (AvgIpc) is 3.35. The number of carbonyl (C=O) groups excluding carboxylic acids is 3. The number of carboxylic acids is 1. The van der Waals surface area contributed by atoms with E-state index >= 15 is 0 Å². The van der Waals surface area contributed by atoms with E-state index in [2.05, 4.69) is 10.6 Å². The highest BCUT2D eigenvalue weighted by molar-refractivity contribution is 5.94. The van der Waals surface area contributed by atoms with Gasteiger partial charge in [-0.3, -0.25) is 14.4 Å². The molecule has 0 aromatic heterocycles. The molecule has 2 aromatic rings. The summed E-state index contributed by atoms with van der Waals surface area (Å²) in [7, 11) is 0. The van der Waals surface area contributed by atoms with Crippen LogP contribution in [-0.4, -0.2) is 64.4 Å². The highest BCUT2D eigenvalue weighted by atomic mass is 16.4. The maximum Gasteiger partial charge on any atom is 0.326 e. The van der Waals surface area contributed by atoms with E-state index in [1.165, 1.54) is 11.8 Å². The van der Waals surface area contributed by atoms with Crippen molar-refractivity contribution in [3.8, 4) is 0 Å². The zero-order valence-corrected chi connectivity index (χ0v) is 19.7. The smallest absolute Gasteiger partial charge is 0.326 e. The fourth-order valence-corrected chi connectivity index (χ4v) is 4.18. The molecule has 1 aliphatic rings. The quantitative estimate of drug-likeness (QED) is 0.397. The number of carbonyl (C=O) groups is 4. The number of likely N-dealkylation sites (tertiary alicyclic amines) is 1. The molecule has 0 aliphatic carbocycles. The Morgan fingerprint density at radius 2 is 1.51 bits per heavy atom. The van der Waals surface area contributed by atoms with Gasteiger partial charge in [0.15, 0.2) is 0 Å². The van der Waals surface area contributed by atoms with Crippen molar-refractivity contribution in [2.75, 3.05) is 6.54 Å². The van der Waals surface area contributed by atoms with Gasteiger partial charge in [-0.1, -0.05) is 60.7 Å². The largest absolute Gasteiger partial charge is 0.480 e. The first-order valence-electron chi connectivity index (χ1n) is 11.7. The summed E-state index contributed by atoms with van der Waals surface area (Å²) in [6, 6.07) is 14.8. The summed E-state index contributed by atoms with van der Waals surface area (Å²) in [5.41, 5.74) is 7.74. The average molecular weight is 481 g/mol. The van der Waals surface area contributed by atoms with Gasteiger partial charge >= 0.3 is 5.97 Å². The van der Waals surface area contributed by atoms with E-state index in [9.17, 15) is 24.3 Å². The standard InChI is InChI=1S/C26H32N4O5/c1-17(28-24(32)20(27)15-18-9-4-2-5-10-18)23(31)29-21(16-19-11-6-3-7-12-19)25(33)30-14-8-13-22(30)26(34)35/h2-7,9-12,17,20-22H,8,13-16,27H2,1H3,(H,28,32)(H,29,31)(H,34,35)/t17-,20-,21-,22+/m0/s1. The van der Waals surface area contributed by atoms with Crippen LogP contribution in [0.5, 0.6) is 0 Å². The van der Waals surface area contributed by atoms with Crippen LogP contribution in [0.25, 0.3) is 0 Å². The molecule has 2 aromatic carbocycles. The lowest BCUT2D eigenvalue weighted by Crippen LogP contribution is -2.57. The number of benzene rings is 2. The Hall–Kier alpha value is -3.72. The van der Waals surface area contributed by atoms with Gasteiger partial charge < -0.3 is 26.4 Å². The SMILES string of the molecule is C[C@H](NC(=O)[C@@H](N)Cc1ccccc1)C(=O)N[C@@H](Cc1ccccc1)C(=O)N1CCC[C@@H]1C(=O)O. The first-order chi connectivity index (χ1) is 16.8. The molecule has 3 rings (SSSR count). The lowest BCUT2D eigenvalue weighted by Gasteiger charge is -2.28. The summed E-state index contributed by atoms with van der Waals surface area (Å²) in [5, 5.41) is 14.8. The van der Waals surface area contributed by atoms with E-state index in [1.54, 1.807) is 0 Å². The molecule has 0 bridgehead atoms. The van der Waals surface area contributed by atoms with E-state index in [0.29, 0.717) is 25.8 Å². The second-order valence-electron chi connectivity index (χ2n) is 8.81. The van der Waals surface area contributed by atoms with Gasteiger partial charge in [0.05, 0.1) is 6.04 Å². The van der Waals surface area contributed by atoms with Gasteiger partial charge in [0, 0.05) is 13.0 Å². The summed E-state index contributed by atoms with van der Waals surface area (Å²) in [6.45, 7) is 1.83. The van der Waals surface area contributed by atoms with Crippen LogP contribution in [0.3, 0.4) is 0 Å². The van der Waals surface area contributed by atoms with Crippen molar-refractivity contribution in [1.82, 2.24) is 15.5 Å². The Morgan fingerprint density at radius 1 is 0.943 bits per heavy atom. The number of amides is 3. The molecule has 0 saturated carbocycles. The van der Waals surface area contributed by atoms with E-state index < -0.39 is 47.9 Å². The molecule has 1 fully saturated rings. The zero-order valence-electron chi connectivity index (χ0n) is 19.7. The van der Waals surface area contributed by atoms with Crippen LogP contribution in [0.2, 0.25) is 0 Å². The molecular formula is C26H32N4O5. The van der Waals surface area contributed by atoms with Crippen molar-refractivity contribution in [3.63, 3.8) is 0 Å². The number of nitrogens with two attached hydrogens (primary N) is 1. The number of hydrogen-bond donors (Lipinski definition) is 4. The summed E-state index contributed by atoms with van der Waals surface area (Å²) in [5.74, 6) is -2.54. The van der Waals surface area contributed by atoms with Crippen molar-refractivity contribution in [3.05, 3.63) is 71.8 Å². The van der Waals surface area contributed by atoms with E-state index in [0.717, 1.165) is 11.1 Å².